The minimum absolute atomic E-state index is 0. The molecule has 0 aromatic heterocycles. The second-order valence-electron chi connectivity index (χ2n) is 6.94. The van der Waals surface area contributed by atoms with Gasteiger partial charge in [-0.05, 0) is 36.1 Å². The quantitative estimate of drug-likeness (QED) is 0.863. The van der Waals surface area contributed by atoms with Crippen LogP contribution in [0.5, 0.6) is 0 Å². The van der Waals surface area contributed by atoms with Gasteiger partial charge in [-0.25, -0.2) is 8.78 Å². The summed E-state index contributed by atoms with van der Waals surface area (Å²) >= 11 is 0. The van der Waals surface area contributed by atoms with Crippen molar-refractivity contribution < 1.29 is 13.6 Å². The molecular weight excluding hydrogens is 358 g/mol. The summed E-state index contributed by atoms with van der Waals surface area (Å²) in [6, 6.07) is 11.3. The van der Waals surface area contributed by atoms with Crippen LogP contribution in [0.3, 0.4) is 0 Å². The number of halogens is 3. The number of hydrogen-bond acceptors (Lipinski definition) is 2. The van der Waals surface area contributed by atoms with Gasteiger partial charge in [0.2, 0.25) is 0 Å². The number of benzene rings is 2. The molecule has 0 unspecified atom stereocenters. The van der Waals surface area contributed by atoms with Gasteiger partial charge in [-0.3, -0.25) is 4.79 Å². The number of nitrogens with zero attached hydrogens (tertiary/aromatic N) is 1. The van der Waals surface area contributed by atoms with Crippen molar-refractivity contribution in [2.24, 2.45) is 11.8 Å². The van der Waals surface area contributed by atoms with E-state index in [0.29, 0.717) is 12.5 Å². The molecule has 3 nitrogen and oxygen atoms in total. The molecule has 26 heavy (non-hydrogen) atoms. The molecule has 2 aliphatic rings. The van der Waals surface area contributed by atoms with E-state index in [4.69, 9.17) is 0 Å². The molecule has 2 aliphatic heterocycles. The highest BCUT2D eigenvalue weighted by Crippen LogP contribution is 2.44. The van der Waals surface area contributed by atoms with Crippen LogP contribution in [-0.2, 0) is 0 Å². The molecule has 0 radical (unpaired) electrons. The lowest BCUT2D eigenvalue weighted by Gasteiger charge is -2.30. The molecule has 2 saturated heterocycles. The SMILES string of the molecule is Cc1ccccc1[C@H]1[C@H]2CNC[C@H]2CN1C(=O)c1c(F)cccc1F.Cl. The number of aryl methyl sites for hydroxylation is 1. The second kappa shape index (κ2) is 7.33. The van der Waals surface area contributed by atoms with Crippen molar-refractivity contribution in [1.29, 1.82) is 0 Å². The standard InChI is InChI=1S/C20H20F2N2O.ClH/c1-12-5-2-3-6-14(12)19-15-10-23-9-13(15)11-24(19)20(25)18-16(21)7-4-8-17(18)22;/h2-8,13,15,19,23H,9-11H2,1H3;1H/t13-,15-,19-;/m0./s1. The van der Waals surface area contributed by atoms with Gasteiger partial charge in [0.25, 0.3) is 5.91 Å². The molecule has 2 aromatic rings. The maximum Gasteiger partial charge on any atom is 0.260 e. The molecule has 4 rings (SSSR count). The van der Waals surface area contributed by atoms with E-state index in [1.165, 1.54) is 6.07 Å². The van der Waals surface area contributed by atoms with Crippen molar-refractivity contribution in [3.8, 4) is 0 Å². The Kier molecular flexibility index (Phi) is 5.30. The summed E-state index contributed by atoms with van der Waals surface area (Å²) < 4.78 is 28.3. The predicted octanol–water partition coefficient (Wildman–Crippen LogP) is 3.73. The fraction of sp³-hybridized carbons (Fsp3) is 0.350. The highest BCUT2D eigenvalue weighted by molar-refractivity contribution is 5.95. The van der Waals surface area contributed by atoms with Crippen molar-refractivity contribution in [2.45, 2.75) is 13.0 Å². The first-order valence-corrected chi connectivity index (χ1v) is 8.59. The Bertz CT molecular complexity index is 809. The normalized spacial score (nSPS) is 24.3. The molecule has 2 heterocycles. The Morgan fingerprint density at radius 1 is 1.08 bits per heavy atom. The molecule has 0 saturated carbocycles. The molecule has 6 heteroatoms. The number of amides is 1. The molecule has 0 aliphatic carbocycles. The van der Waals surface area contributed by atoms with Gasteiger partial charge in [0.1, 0.15) is 17.2 Å². The van der Waals surface area contributed by atoms with Gasteiger partial charge in [-0.1, -0.05) is 30.3 Å². The van der Waals surface area contributed by atoms with Crippen molar-refractivity contribution in [3.63, 3.8) is 0 Å². The Balaban J connectivity index is 0.00000196. The first-order valence-electron chi connectivity index (χ1n) is 8.59. The van der Waals surface area contributed by atoms with E-state index in [1.807, 2.05) is 31.2 Å². The maximum atomic E-state index is 14.2. The first kappa shape index (κ1) is 18.8. The summed E-state index contributed by atoms with van der Waals surface area (Å²) in [6.07, 6.45) is 0. The topological polar surface area (TPSA) is 32.3 Å². The molecule has 138 valence electrons. The van der Waals surface area contributed by atoms with Gasteiger partial charge < -0.3 is 10.2 Å². The van der Waals surface area contributed by atoms with Gasteiger partial charge in [-0.2, -0.15) is 0 Å². The van der Waals surface area contributed by atoms with E-state index in [9.17, 15) is 13.6 Å². The largest absolute Gasteiger partial charge is 0.331 e. The van der Waals surface area contributed by atoms with Crippen LogP contribution in [0.25, 0.3) is 0 Å². The molecule has 3 atom stereocenters. The van der Waals surface area contributed by atoms with E-state index in [1.54, 1.807) is 4.90 Å². The highest BCUT2D eigenvalue weighted by atomic mass is 35.5. The van der Waals surface area contributed by atoms with Crippen molar-refractivity contribution in [1.82, 2.24) is 10.2 Å². The number of hydrogen-bond donors (Lipinski definition) is 1. The zero-order chi connectivity index (χ0) is 17.6. The predicted molar refractivity (Wildman–Crippen MR) is 98.4 cm³/mol. The minimum Gasteiger partial charge on any atom is -0.331 e. The average Bonchev–Trinajstić information content (AvgIpc) is 3.16. The Labute approximate surface area is 157 Å². The third-order valence-corrected chi connectivity index (χ3v) is 5.51. The molecular formula is C20H21ClF2N2O. The number of rotatable bonds is 2. The first-order chi connectivity index (χ1) is 12.1. The number of carbonyl (C=O) groups excluding carboxylic acids is 1. The summed E-state index contributed by atoms with van der Waals surface area (Å²) in [5.74, 6) is -1.59. The lowest BCUT2D eigenvalue weighted by atomic mass is 9.87. The molecule has 0 bridgehead atoms. The van der Waals surface area contributed by atoms with Gasteiger partial charge in [0.15, 0.2) is 0 Å². The minimum atomic E-state index is -0.802. The van der Waals surface area contributed by atoms with Gasteiger partial charge in [-0.15, -0.1) is 12.4 Å². The van der Waals surface area contributed by atoms with E-state index < -0.39 is 23.1 Å². The highest BCUT2D eigenvalue weighted by Gasteiger charge is 2.47. The van der Waals surface area contributed by atoms with E-state index in [-0.39, 0.29) is 24.4 Å². The average molecular weight is 379 g/mol. The van der Waals surface area contributed by atoms with Crippen LogP contribution in [0.15, 0.2) is 42.5 Å². The van der Waals surface area contributed by atoms with Gasteiger partial charge in [0, 0.05) is 25.6 Å². The zero-order valence-corrected chi connectivity index (χ0v) is 15.2. The van der Waals surface area contributed by atoms with Crippen LogP contribution in [-0.4, -0.2) is 30.4 Å². The number of carbonyl (C=O) groups is 1. The molecule has 2 aromatic carbocycles. The van der Waals surface area contributed by atoms with Crippen LogP contribution in [0, 0.1) is 30.4 Å². The molecule has 0 spiro atoms. The fourth-order valence-electron chi connectivity index (χ4n) is 4.29. The van der Waals surface area contributed by atoms with Crippen LogP contribution in [0.1, 0.15) is 27.5 Å². The number of likely N-dealkylation sites (tertiary alicyclic amines) is 1. The lowest BCUT2D eigenvalue weighted by Crippen LogP contribution is -2.36. The van der Waals surface area contributed by atoms with Gasteiger partial charge in [0.05, 0.1) is 6.04 Å². The monoisotopic (exact) mass is 378 g/mol. The third-order valence-electron chi connectivity index (χ3n) is 5.51. The summed E-state index contributed by atoms with van der Waals surface area (Å²) in [7, 11) is 0. The van der Waals surface area contributed by atoms with E-state index >= 15 is 0 Å². The van der Waals surface area contributed by atoms with Crippen LogP contribution in [0.4, 0.5) is 8.78 Å². The summed E-state index contributed by atoms with van der Waals surface area (Å²) in [4.78, 5) is 14.7. The maximum absolute atomic E-state index is 14.2. The molecule has 1 N–H and O–H groups in total. The second-order valence-corrected chi connectivity index (χ2v) is 6.94. The summed E-state index contributed by atoms with van der Waals surface area (Å²) in [5.41, 5.74) is 1.70. The number of nitrogens with one attached hydrogen (secondary N) is 1. The zero-order valence-electron chi connectivity index (χ0n) is 14.4. The van der Waals surface area contributed by atoms with Crippen LogP contribution < -0.4 is 5.32 Å². The van der Waals surface area contributed by atoms with Crippen LogP contribution >= 0.6 is 12.4 Å². The fourth-order valence-corrected chi connectivity index (χ4v) is 4.29. The lowest BCUT2D eigenvalue weighted by molar-refractivity contribution is 0.0703. The summed E-state index contributed by atoms with van der Waals surface area (Å²) in [6.45, 7) is 4.17. The van der Waals surface area contributed by atoms with E-state index in [0.717, 1.165) is 36.3 Å². The van der Waals surface area contributed by atoms with Gasteiger partial charge >= 0.3 is 0 Å². The van der Waals surface area contributed by atoms with Crippen molar-refractivity contribution >= 4 is 18.3 Å². The Morgan fingerprint density at radius 3 is 2.46 bits per heavy atom. The van der Waals surface area contributed by atoms with Crippen molar-refractivity contribution in [2.75, 3.05) is 19.6 Å². The molecule has 1 amide bonds. The molecule has 2 fully saturated rings. The third kappa shape index (κ3) is 2.99. The summed E-state index contributed by atoms with van der Waals surface area (Å²) in [5, 5.41) is 3.38. The Hall–Kier alpha value is -1.98. The van der Waals surface area contributed by atoms with E-state index in [2.05, 4.69) is 5.32 Å². The van der Waals surface area contributed by atoms with Crippen molar-refractivity contribution in [3.05, 3.63) is 70.8 Å². The smallest absolute Gasteiger partial charge is 0.260 e. The van der Waals surface area contributed by atoms with Crippen LogP contribution in [0.2, 0.25) is 0 Å². The number of fused-ring (bicyclic) bond motifs is 1. The Morgan fingerprint density at radius 2 is 1.77 bits per heavy atom.